The summed E-state index contributed by atoms with van der Waals surface area (Å²) >= 11 is 0. The lowest BCUT2D eigenvalue weighted by atomic mass is 10.0. The predicted molar refractivity (Wildman–Crippen MR) is 263 cm³/mol. The quantitative estimate of drug-likeness (QED) is 0.0211. The van der Waals surface area contributed by atoms with Crippen LogP contribution in [0.2, 0.25) is 0 Å². The molecule has 9 heteroatoms. The van der Waals surface area contributed by atoms with Gasteiger partial charge in [-0.1, -0.05) is 212 Å². The van der Waals surface area contributed by atoms with Gasteiger partial charge in [0.05, 0.1) is 34.4 Å². The highest BCUT2D eigenvalue weighted by molar-refractivity contribution is 5.71. The molecule has 0 fully saturated rings. The number of hydrogen-bond acceptors (Lipinski definition) is 7. The van der Waals surface area contributed by atoms with Crippen LogP contribution in [0.1, 0.15) is 245 Å². The number of carboxylic acids is 1. The molecule has 0 bridgehead atoms. The number of rotatable bonds is 49. The minimum atomic E-state index is -1.51. The fraction of sp³-hybridized carbons (Fsp3) is 0.870. The molecular weight excluding hydrogens is 791 g/mol. The highest BCUT2D eigenvalue weighted by Crippen LogP contribution is 2.16. The third-order valence-electron chi connectivity index (χ3n) is 11.7. The number of ether oxygens (including phenoxy) is 4. The van der Waals surface area contributed by atoms with Gasteiger partial charge in [-0.2, -0.15) is 0 Å². The van der Waals surface area contributed by atoms with E-state index >= 15 is 0 Å². The second-order valence-electron chi connectivity index (χ2n) is 19.2. The van der Waals surface area contributed by atoms with Crippen LogP contribution >= 0.6 is 0 Å². The molecule has 9 nitrogen and oxygen atoms in total. The summed E-state index contributed by atoms with van der Waals surface area (Å²) in [7, 11) is 5.97. The lowest BCUT2D eigenvalue weighted by Gasteiger charge is -2.25. The zero-order chi connectivity index (χ0) is 46.3. The Hall–Kier alpha value is -2.23. The Labute approximate surface area is 388 Å². The molecule has 0 saturated heterocycles. The monoisotopic (exact) mass is 893 g/mol. The van der Waals surface area contributed by atoms with Crippen molar-refractivity contribution in [3.8, 4) is 0 Å². The normalized spacial score (nSPS) is 13.0. The molecule has 0 aliphatic rings. The van der Waals surface area contributed by atoms with Crippen LogP contribution in [0.4, 0.5) is 0 Å². The standard InChI is InChI=1S/C54H101NO8/c1-6-8-10-12-14-16-18-20-21-22-23-24-25-26-27-28-29-30-31-33-35-37-39-41-43-45-52(57)63-50(49-62-54(53(58)59)60-47-46-55(3,4)5)48-61-51(56)44-42-40-38-36-34-32-19-17-15-13-11-9-7-2/h18,20,22-23,50,54H,6-17,19,21,24-49H2,1-5H3/p+1/b20-18-,23-22-. The van der Waals surface area contributed by atoms with Crippen LogP contribution in [0.3, 0.4) is 0 Å². The molecule has 0 aromatic heterocycles. The summed E-state index contributed by atoms with van der Waals surface area (Å²) in [6.45, 7) is 4.89. The van der Waals surface area contributed by atoms with E-state index in [1.807, 2.05) is 21.1 Å². The Morgan fingerprint density at radius 2 is 0.857 bits per heavy atom. The Morgan fingerprint density at radius 3 is 1.25 bits per heavy atom. The van der Waals surface area contributed by atoms with E-state index in [1.54, 1.807) is 0 Å². The van der Waals surface area contributed by atoms with Crippen molar-refractivity contribution >= 4 is 17.9 Å². The van der Waals surface area contributed by atoms with Gasteiger partial charge in [0, 0.05) is 12.8 Å². The Bertz CT molecular complexity index is 1090. The maximum Gasteiger partial charge on any atom is 0.361 e. The van der Waals surface area contributed by atoms with Gasteiger partial charge in [0.15, 0.2) is 6.10 Å². The lowest BCUT2D eigenvalue weighted by molar-refractivity contribution is -0.870. The van der Waals surface area contributed by atoms with Crippen LogP contribution in [0.25, 0.3) is 0 Å². The lowest BCUT2D eigenvalue weighted by Crippen LogP contribution is -2.40. The summed E-state index contributed by atoms with van der Waals surface area (Å²) in [5.41, 5.74) is 0. The summed E-state index contributed by atoms with van der Waals surface area (Å²) in [6.07, 6.45) is 49.6. The van der Waals surface area contributed by atoms with Crippen molar-refractivity contribution in [2.45, 2.75) is 257 Å². The molecular formula is C54H102NO8+. The first-order chi connectivity index (χ1) is 30.6. The smallest absolute Gasteiger partial charge is 0.361 e. The predicted octanol–water partition coefficient (Wildman–Crippen LogP) is 14.8. The van der Waals surface area contributed by atoms with Crippen LogP contribution < -0.4 is 0 Å². The van der Waals surface area contributed by atoms with Crippen molar-refractivity contribution < 1.29 is 42.9 Å². The van der Waals surface area contributed by atoms with Gasteiger partial charge in [0.2, 0.25) is 0 Å². The topological polar surface area (TPSA) is 108 Å². The van der Waals surface area contributed by atoms with E-state index in [1.165, 1.54) is 173 Å². The van der Waals surface area contributed by atoms with Gasteiger partial charge in [0.1, 0.15) is 13.2 Å². The van der Waals surface area contributed by atoms with Gasteiger partial charge >= 0.3 is 17.9 Å². The number of quaternary nitrogens is 1. The molecule has 2 unspecified atom stereocenters. The van der Waals surface area contributed by atoms with Crippen molar-refractivity contribution in [3.63, 3.8) is 0 Å². The van der Waals surface area contributed by atoms with Crippen molar-refractivity contribution in [1.82, 2.24) is 0 Å². The molecule has 370 valence electrons. The molecule has 0 aliphatic carbocycles. The van der Waals surface area contributed by atoms with E-state index < -0.39 is 24.3 Å². The summed E-state index contributed by atoms with van der Waals surface area (Å²) in [6, 6.07) is 0. The molecule has 0 radical (unpaired) electrons. The van der Waals surface area contributed by atoms with Crippen molar-refractivity contribution in [2.24, 2.45) is 0 Å². The molecule has 0 amide bonds. The van der Waals surface area contributed by atoms with Crippen LogP contribution in [-0.2, 0) is 33.3 Å². The number of esters is 2. The maximum atomic E-state index is 12.8. The van der Waals surface area contributed by atoms with Crippen molar-refractivity contribution in [2.75, 3.05) is 47.5 Å². The SMILES string of the molecule is CCCCCCC/C=C\C/C=C\CCCCCCCCCCCCCCCC(=O)OC(COC(=O)CCCCCCCCCCCCCCC)COC(OCC[N+](C)(C)C)C(=O)O. The van der Waals surface area contributed by atoms with E-state index in [-0.39, 0.29) is 32.2 Å². The number of nitrogens with zero attached hydrogens (tertiary/aromatic N) is 1. The van der Waals surface area contributed by atoms with Gasteiger partial charge in [-0.25, -0.2) is 4.79 Å². The number of unbranched alkanes of at least 4 members (excludes halogenated alkanes) is 30. The van der Waals surface area contributed by atoms with Crippen LogP contribution in [-0.4, -0.2) is 87.4 Å². The van der Waals surface area contributed by atoms with Gasteiger partial charge in [-0.15, -0.1) is 0 Å². The summed E-state index contributed by atoms with van der Waals surface area (Å²) < 4.78 is 22.8. The average Bonchev–Trinajstić information content (AvgIpc) is 3.24. The van der Waals surface area contributed by atoms with Gasteiger partial charge < -0.3 is 28.5 Å². The first-order valence-electron chi connectivity index (χ1n) is 26.5. The first kappa shape index (κ1) is 60.8. The number of hydrogen-bond donors (Lipinski definition) is 1. The highest BCUT2D eigenvalue weighted by atomic mass is 16.7. The number of likely N-dealkylation sites (N-methyl/N-ethyl adjacent to an activating group) is 1. The Kier molecular flexibility index (Phi) is 44.7. The summed E-state index contributed by atoms with van der Waals surface area (Å²) in [4.78, 5) is 37.2. The van der Waals surface area contributed by atoms with E-state index in [0.29, 0.717) is 17.4 Å². The summed E-state index contributed by atoms with van der Waals surface area (Å²) in [5.74, 6) is -1.99. The molecule has 0 heterocycles. The average molecular weight is 893 g/mol. The molecule has 1 N–H and O–H groups in total. The van der Waals surface area contributed by atoms with Gasteiger partial charge in [0.25, 0.3) is 6.29 Å². The summed E-state index contributed by atoms with van der Waals surface area (Å²) in [5, 5.41) is 9.67. The Morgan fingerprint density at radius 1 is 0.476 bits per heavy atom. The highest BCUT2D eigenvalue weighted by Gasteiger charge is 2.25. The number of carbonyl (C=O) groups excluding carboxylic acids is 2. The number of allylic oxidation sites excluding steroid dienone is 4. The van der Waals surface area contributed by atoms with Crippen molar-refractivity contribution in [3.05, 3.63) is 24.3 Å². The second kappa shape index (κ2) is 46.3. The Balaban J connectivity index is 4.23. The van der Waals surface area contributed by atoms with Gasteiger partial charge in [-0.05, 0) is 44.9 Å². The number of carbonyl (C=O) groups is 3. The van der Waals surface area contributed by atoms with E-state index in [4.69, 9.17) is 18.9 Å². The number of carboxylic acid groups (broad SMARTS) is 1. The van der Waals surface area contributed by atoms with E-state index in [0.717, 1.165) is 44.9 Å². The third kappa shape index (κ3) is 47.5. The van der Waals surface area contributed by atoms with E-state index in [9.17, 15) is 19.5 Å². The molecule has 0 saturated carbocycles. The molecule has 63 heavy (non-hydrogen) atoms. The second-order valence-corrected chi connectivity index (χ2v) is 19.2. The maximum absolute atomic E-state index is 12.8. The largest absolute Gasteiger partial charge is 0.477 e. The zero-order valence-corrected chi connectivity index (χ0v) is 42.0. The minimum absolute atomic E-state index is 0.177. The molecule has 2 atom stereocenters. The first-order valence-corrected chi connectivity index (χ1v) is 26.5. The fourth-order valence-corrected chi connectivity index (χ4v) is 7.57. The van der Waals surface area contributed by atoms with Crippen LogP contribution in [0.15, 0.2) is 24.3 Å². The third-order valence-corrected chi connectivity index (χ3v) is 11.7. The molecule has 0 rings (SSSR count). The van der Waals surface area contributed by atoms with Gasteiger partial charge in [-0.3, -0.25) is 9.59 Å². The molecule has 0 aromatic rings. The zero-order valence-electron chi connectivity index (χ0n) is 42.0. The minimum Gasteiger partial charge on any atom is -0.477 e. The van der Waals surface area contributed by atoms with E-state index in [2.05, 4.69) is 38.2 Å². The van der Waals surface area contributed by atoms with Crippen molar-refractivity contribution in [1.29, 1.82) is 0 Å². The molecule has 0 aromatic carbocycles. The number of aliphatic carboxylic acids is 1. The van der Waals surface area contributed by atoms with Crippen LogP contribution in [0.5, 0.6) is 0 Å². The fourth-order valence-electron chi connectivity index (χ4n) is 7.57. The molecule has 0 aliphatic heterocycles. The van der Waals surface area contributed by atoms with Crippen LogP contribution in [0, 0.1) is 0 Å². The molecule has 0 spiro atoms.